The van der Waals surface area contributed by atoms with Crippen molar-refractivity contribution in [2.24, 2.45) is 0 Å². The van der Waals surface area contributed by atoms with Gasteiger partial charge in [0.15, 0.2) is 0 Å². The summed E-state index contributed by atoms with van der Waals surface area (Å²) in [7, 11) is -13.2. The summed E-state index contributed by atoms with van der Waals surface area (Å²) in [5.74, 6) is 0. The number of alkyl halides is 6. The van der Waals surface area contributed by atoms with Crippen LogP contribution in [0.2, 0.25) is 0 Å². The minimum Gasteiger partial charge on any atom is -0.202 e. The van der Waals surface area contributed by atoms with Crippen LogP contribution in [0.15, 0.2) is 0 Å². The molecular formula is C2HF6LiNO4S2+. The molecule has 0 aromatic rings. The maximum Gasteiger partial charge on any atom is 1.00 e. The van der Waals surface area contributed by atoms with E-state index in [0.29, 0.717) is 0 Å². The van der Waals surface area contributed by atoms with E-state index in [2.05, 4.69) is 0 Å². The number of rotatable bonds is 2. The van der Waals surface area contributed by atoms with E-state index in [1.165, 1.54) is 0 Å². The largest absolute Gasteiger partial charge is 1.00 e. The molecule has 14 heteroatoms. The van der Waals surface area contributed by atoms with E-state index in [9.17, 15) is 43.2 Å². The van der Waals surface area contributed by atoms with Crippen molar-refractivity contribution in [1.29, 1.82) is 0 Å². The van der Waals surface area contributed by atoms with Crippen LogP contribution in [0, 0.1) is 0 Å². The van der Waals surface area contributed by atoms with Gasteiger partial charge in [0.2, 0.25) is 0 Å². The molecule has 0 aromatic heterocycles. The van der Waals surface area contributed by atoms with Gasteiger partial charge in [-0.25, -0.2) is 16.8 Å². The summed E-state index contributed by atoms with van der Waals surface area (Å²) in [6.07, 6.45) is 0. The molecule has 0 amide bonds. The average Bonchev–Trinajstić information content (AvgIpc) is 1.77. The first-order chi connectivity index (χ1) is 6.21. The molecule has 0 unspecified atom stereocenters. The maximum absolute atomic E-state index is 11.5. The quantitative estimate of drug-likeness (QED) is 0.442. The average molecular weight is 288 g/mol. The molecule has 0 bridgehead atoms. The van der Waals surface area contributed by atoms with Crippen molar-refractivity contribution in [2.45, 2.75) is 11.0 Å². The summed E-state index contributed by atoms with van der Waals surface area (Å²) in [5, 5.41) is 0. The predicted octanol–water partition coefficient (Wildman–Crippen LogP) is -2.72. The molecule has 0 saturated carbocycles. The summed E-state index contributed by atoms with van der Waals surface area (Å²) in [6.45, 7) is 0. The van der Waals surface area contributed by atoms with Crippen molar-refractivity contribution < 1.29 is 62.0 Å². The fourth-order valence-electron chi connectivity index (χ4n) is 0.239. The molecule has 0 heterocycles. The van der Waals surface area contributed by atoms with Gasteiger partial charge in [0.25, 0.3) is 0 Å². The van der Waals surface area contributed by atoms with Crippen LogP contribution in [0.3, 0.4) is 0 Å². The van der Waals surface area contributed by atoms with Gasteiger partial charge in [-0.3, -0.25) is 0 Å². The second-order valence-electron chi connectivity index (χ2n) is 1.98. The van der Waals surface area contributed by atoms with Crippen molar-refractivity contribution in [3.05, 3.63) is 0 Å². The summed E-state index contributed by atoms with van der Waals surface area (Å²) in [5.41, 5.74) is -12.3. The first-order valence-corrected chi connectivity index (χ1v) is 5.58. The zero-order valence-electron chi connectivity index (χ0n) is 7.22. The fourth-order valence-corrected chi connectivity index (χ4v) is 2.15. The maximum atomic E-state index is 11.5. The Hall–Kier alpha value is 0.0374. The molecule has 16 heavy (non-hydrogen) atoms. The van der Waals surface area contributed by atoms with Crippen LogP contribution < -0.4 is 23.0 Å². The molecule has 5 nitrogen and oxygen atoms in total. The molecule has 92 valence electrons. The minimum atomic E-state index is -6.60. The zero-order valence-corrected chi connectivity index (χ0v) is 8.85. The summed E-state index contributed by atoms with van der Waals surface area (Å²) >= 11 is 0. The normalized spacial score (nSPS) is 14.4. The van der Waals surface area contributed by atoms with Gasteiger partial charge in [-0.1, -0.05) is 4.13 Å². The minimum absolute atomic E-state index is 0. The van der Waals surface area contributed by atoms with E-state index in [1.54, 1.807) is 0 Å². The molecule has 0 atom stereocenters. The Morgan fingerprint density at radius 2 is 0.875 bits per heavy atom. The Kier molecular flexibility index (Phi) is 5.44. The number of sulfonamides is 2. The standard InChI is InChI=1S/C2HF6NO4S2.Li/c3-1(4,5)14(10,11)9-15(12,13)2(6,7)8;/h9H;/q;+1. The molecule has 0 radical (unpaired) electrons. The van der Waals surface area contributed by atoms with Gasteiger partial charge < -0.3 is 0 Å². The molecule has 0 aliphatic rings. The van der Waals surface area contributed by atoms with Gasteiger partial charge in [-0.05, 0) is 0 Å². The predicted molar refractivity (Wildman–Crippen MR) is 33.1 cm³/mol. The van der Waals surface area contributed by atoms with E-state index >= 15 is 0 Å². The molecular weight excluding hydrogens is 287 g/mol. The van der Waals surface area contributed by atoms with E-state index < -0.39 is 35.2 Å². The Labute approximate surface area is 97.5 Å². The third kappa shape index (κ3) is 4.13. The SMILES string of the molecule is O=S(=O)(NS(=O)(=O)C(F)(F)F)C(F)(F)F.[Li+]. The van der Waals surface area contributed by atoms with E-state index in [0.717, 1.165) is 0 Å². The van der Waals surface area contributed by atoms with Gasteiger partial charge in [0.05, 0.1) is 0 Å². The van der Waals surface area contributed by atoms with Crippen molar-refractivity contribution in [1.82, 2.24) is 4.13 Å². The number of nitrogens with one attached hydrogen (secondary N) is 1. The van der Waals surface area contributed by atoms with Crippen LogP contribution in [0.1, 0.15) is 0 Å². The molecule has 0 spiro atoms. The van der Waals surface area contributed by atoms with Crippen LogP contribution >= 0.6 is 0 Å². The van der Waals surface area contributed by atoms with E-state index in [1.807, 2.05) is 0 Å². The number of hydrogen-bond acceptors (Lipinski definition) is 4. The van der Waals surface area contributed by atoms with Crippen molar-refractivity contribution in [2.75, 3.05) is 0 Å². The monoisotopic (exact) mass is 288 g/mol. The Morgan fingerprint density at radius 3 is 1.00 bits per heavy atom. The molecule has 0 aliphatic carbocycles. The first-order valence-electron chi connectivity index (χ1n) is 2.62. The molecule has 0 aliphatic heterocycles. The van der Waals surface area contributed by atoms with Crippen LogP contribution in [-0.2, 0) is 20.0 Å². The van der Waals surface area contributed by atoms with Crippen molar-refractivity contribution in [3.8, 4) is 0 Å². The Morgan fingerprint density at radius 1 is 0.688 bits per heavy atom. The van der Waals surface area contributed by atoms with Gasteiger partial charge in [0, 0.05) is 0 Å². The first kappa shape index (κ1) is 18.4. The Balaban J connectivity index is 0. The van der Waals surface area contributed by atoms with Crippen LogP contribution in [0.4, 0.5) is 26.3 Å². The van der Waals surface area contributed by atoms with Crippen LogP contribution in [0.25, 0.3) is 0 Å². The topological polar surface area (TPSA) is 80.3 Å². The number of halogens is 6. The van der Waals surface area contributed by atoms with E-state index in [4.69, 9.17) is 0 Å². The third-order valence-corrected chi connectivity index (χ3v) is 3.80. The third-order valence-electron chi connectivity index (χ3n) is 0.829. The van der Waals surface area contributed by atoms with Crippen molar-refractivity contribution >= 4 is 20.0 Å². The number of hydrogen-bond donors (Lipinski definition) is 1. The van der Waals surface area contributed by atoms with Gasteiger partial charge in [-0.2, -0.15) is 26.3 Å². The molecule has 0 aromatic carbocycles. The second kappa shape index (κ2) is 4.73. The molecule has 0 fully saturated rings. The van der Waals surface area contributed by atoms with Gasteiger partial charge >= 0.3 is 49.9 Å². The van der Waals surface area contributed by atoms with Gasteiger partial charge in [-0.15, -0.1) is 0 Å². The molecule has 0 rings (SSSR count). The zero-order chi connectivity index (χ0) is 12.7. The van der Waals surface area contributed by atoms with E-state index in [-0.39, 0.29) is 18.9 Å². The molecule has 0 saturated heterocycles. The summed E-state index contributed by atoms with van der Waals surface area (Å²) in [6, 6.07) is 0. The van der Waals surface area contributed by atoms with Crippen molar-refractivity contribution in [3.63, 3.8) is 0 Å². The Bertz CT molecular complexity index is 390. The second-order valence-corrected chi connectivity index (χ2v) is 5.59. The molecule has 1 N–H and O–H groups in total. The summed E-state index contributed by atoms with van der Waals surface area (Å²) in [4.78, 5) is 0. The smallest absolute Gasteiger partial charge is 0.202 e. The summed E-state index contributed by atoms with van der Waals surface area (Å²) < 4.78 is 108. The van der Waals surface area contributed by atoms with Gasteiger partial charge in [0.1, 0.15) is 0 Å². The van der Waals surface area contributed by atoms with Crippen LogP contribution in [-0.4, -0.2) is 27.9 Å². The van der Waals surface area contributed by atoms with Crippen LogP contribution in [0.5, 0.6) is 0 Å². The fraction of sp³-hybridized carbons (Fsp3) is 1.00.